The highest BCUT2D eigenvalue weighted by Crippen LogP contribution is 2.55. The van der Waals surface area contributed by atoms with Crippen molar-refractivity contribution in [2.45, 2.75) is 38.6 Å². The van der Waals surface area contributed by atoms with Crippen LogP contribution in [0, 0.1) is 10.1 Å². The van der Waals surface area contributed by atoms with E-state index in [1.165, 1.54) is 28.9 Å². The first-order chi connectivity index (χ1) is 14.9. The van der Waals surface area contributed by atoms with Gasteiger partial charge in [0.25, 0.3) is 5.69 Å². The van der Waals surface area contributed by atoms with Gasteiger partial charge in [0.05, 0.1) is 11.5 Å². The van der Waals surface area contributed by atoms with Gasteiger partial charge in [-0.15, -0.1) is 0 Å². The Morgan fingerprint density at radius 3 is 2.39 bits per heavy atom. The second kappa shape index (κ2) is 10.4. The molecule has 0 N–H and O–H groups in total. The molecule has 0 radical (unpaired) electrons. The standard InChI is InChI=1S/C21H25N2O7P/c1-2-3-16-28-21(24)20-10-7-15-22(20)31(27,29-18-8-5-4-6-9-18)30-19-13-11-17(12-14-19)23(25)26/h4-6,8-9,11-14,20H,2-3,7,10,15-16H2,1H3/t20-,31?/m0/s1. The van der Waals surface area contributed by atoms with E-state index in [1.54, 1.807) is 30.3 Å². The summed E-state index contributed by atoms with van der Waals surface area (Å²) in [6.07, 6.45) is 2.73. The molecule has 0 aromatic heterocycles. The smallest absolute Gasteiger partial charge is 0.465 e. The summed E-state index contributed by atoms with van der Waals surface area (Å²) in [5.74, 6) is -0.0113. The maximum atomic E-state index is 14.0. The van der Waals surface area contributed by atoms with E-state index in [-0.39, 0.29) is 11.4 Å². The monoisotopic (exact) mass is 448 g/mol. The van der Waals surface area contributed by atoms with Crippen molar-refractivity contribution < 1.29 is 28.1 Å². The molecule has 9 nitrogen and oxygen atoms in total. The van der Waals surface area contributed by atoms with Gasteiger partial charge in [0.2, 0.25) is 0 Å². The van der Waals surface area contributed by atoms with Crippen LogP contribution in [0.1, 0.15) is 32.6 Å². The van der Waals surface area contributed by atoms with Gasteiger partial charge in [0.1, 0.15) is 17.5 Å². The van der Waals surface area contributed by atoms with Crippen LogP contribution in [0.4, 0.5) is 5.69 Å². The van der Waals surface area contributed by atoms with Crippen molar-refractivity contribution in [2.75, 3.05) is 13.2 Å². The van der Waals surface area contributed by atoms with Gasteiger partial charge in [0.15, 0.2) is 0 Å². The van der Waals surface area contributed by atoms with E-state index < -0.39 is 24.7 Å². The van der Waals surface area contributed by atoms with Crippen molar-refractivity contribution >= 4 is 19.4 Å². The van der Waals surface area contributed by atoms with Crippen molar-refractivity contribution in [2.24, 2.45) is 0 Å². The molecule has 1 heterocycles. The molecular weight excluding hydrogens is 423 g/mol. The molecular formula is C21H25N2O7P. The number of nitro benzene ring substituents is 1. The van der Waals surface area contributed by atoms with Crippen LogP contribution >= 0.6 is 7.75 Å². The minimum Gasteiger partial charge on any atom is -0.465 e. The lowest BCUT2D eigenvalue weighted by molar-refractivity contribution is -0.384. The van der Waals surface area contributed by atoms with Crippen molar-refractivity contribution in [3.05, 3.63) is 64.7 Å². The minimum atomic E-state index is -4.04. The first-order valence-electron chi connectivity index (χ1n) is 10.2. The number of nitrogens with zero attached hydrogens (tertiary/aromatic N) is 2. The number of unbranched alkanes of at least 4 members (excludes halogenated alkanes) is 1. The number of rotatable bonds is 10. The van der Waals surface area contributed by atoms with E-state index in [1.807, 2.05) is 6.92 Å². The second-order valence-electron chi connectivity index (χ2n) is 7.06. The fourth-order valence-electron chi connectivity index (χ4n) is 3.20. The number of ether oxygens (including phenoxy) is 1. The number of carbonyl (C=O) groups is 1. The van der Waals surface area contributed by atoms with Gasteiger partial charge in [-0.2, -0.15) is 4.67 Å². The highest BCUT2D eigenvalue weighted by Gasteiger charge is 2.48. The maximum absolute atomic E-state index is 14.0. The Morgan fingerprint density at radius 2 is 1.77 bits per heavy atom. The lowest BCUT2D eigenvalue weighted by Crippen LogP contribution is -2.37. The summed E-state index contributed by atoms with van der Waals surface area (Å²) < 4.78 is 32.3. The SMILES string of the molecule is CCCCOC(=O)[C@@H]1CCCN1P(=O)(Oc1ccccc1)Oc1ccc([N+](=O)[O-])cc1. The second-order valence-corrected chi connectivity index (χ2v) is 8.87. The Kier molecular flexibility index (Phi) is 7.65. The average Bonchev–Trinajstić information content (AvgIpc) is 3.26. The number of hydrogen-bond donors (Lipinski definition) is 0. The number of esters is 1. The Morgan fingerprint density at radius 1 is 1.13 bits per heavy atom. The van der Waals surface area contributed by atoms with Gasteiger partial charge in [-0.3, -0.25) is 14.9 Å². The Bertz CT molecular complexity index is 937. The van der Waals surface area contributed by atoms with E-state index in [0.717, 1.165) is 12.8 Å². The molecule has 2 aromatic carbocycles. The summed E-state index contributed by atoms with van der Waals surface area (Å²) in [6, 6.07) is 13.0. The van der Waals surface area contributed by atoms with Crippen LogP contribution in [0.15, 0.2) is 54.6 Å². The molecule has 1 saturated heterocycles. The summed E-state index contributed by atoms with van der Waals surface area (Å²) in [6.45, 7) is 2.62. The zero-order valence-corrected chi connectivity index (χ0v) is 18.1. The third kappa shape index (κ3) is 5.83. The van der Waals surface area contributed by atoms with Crippen molar-refractivity contribution in [3.8, 4) is 11.5 Å². The highest BCUT2D eigenvalue weighted by atomic mass is 31.2. The fraction of sp³-hybridized carbons (Fsp3) is 0.381. The molecule has 0 aliphatic carbocycles. The van der Waals surface area contributed by atoms with Gasteiger partial charge in [-0.05, 0) is 43.5 Å². The molecule has 2 atom stereocenters. The predicted molar refractivity (Wildman–Crippen MR) is 114 cm³/mol. The van der Waals surface area contributed by atoms with Crippen LogP contribution in [0.25, 0.3) is 0 Å². The van der Waals surface area contributed by atoms with E-state index in [9.17, 15) is 19.5 Å². The molecule has 1 unspecified atom stereocenters. The summed E-state index contributed by atoms with van der Waals surface area (Å²) in [5, 5.41) is 10.9. The van der Waals surface area contributed by atoms with Gasteiger partial charge in [0, 0.05) is 18.7 Å². The predicted octanol–water partition coefficient (Wildman–Crippen LogP) is 4.97. The average molecular weight is 448 g/mol. The molecule has 2 aromatic rings. The topological polar surface area (TPSA) is 108 Å². The molecule has 10 heteroatoms. The third-order valence-electron chi connectivity index (χ3n) is 4.79. The summed E-state index contributed by atoms with van der Waals surface area (Å²) in [4.78, 5) is 23.0. The lowest BCUT2D eigenvalue weighted by Gasteiger charge is -2.30. The van der Waals surface area contributed by atoms with Crippen molar-refractivity contribution in [1.29, 1.82) is 0 Å². The molecule has 0 saturated carbocycles. The summed E-state index contributed by atoms with van der Waals surface area (Å²) in [5.41, 5.74) is -0.121. The number of nitro groups is 1. The Labute approximate surface area is 180 Å². The molecule has 0 spiro atoms. The first kappa shape index (κ1) is 22.8. The van der Waals surface area contributed by atoms with Crippen LogP contribution in [0.3, 0.4) is 0 Å². The Hall–Kier alpha value is -2.90. The molecule has 166 valence electrons. The highest BCUT2D eigenvalue weighted by molar-refractivity contribution is 7.52. The largest absolute Gasteiger partial charge is 0.516 e. The molecule has 31 heavy (non-hydrogen) atoms. The van der Waals surface area contributed by atoms with Crippen LogP contribution in [0.5, 0.6) is 11.5 Å². The number of hydrogen-bond acceptors (Lipinski definition) is 7. The zero-order chi connectivity index (χ0) is 22.3. The lowest BCUT2D eigenvalue weighted by atomic mass is 10.2. The van der Waals surface area contributed by atoms with E-state index >= 15 is 0 Å². The van der Waals surface area contributed by atoms with E-state index in [4.69, 9.17) is 13.8 Å². The van der Waals surface area contributed by atoms with Crippen LogP contribution in [-0.2, 0) is 14.1 Å². The van der Waals surface area contributed by atoms with Gasteiger partial charge in [-0.25, -0.2) is 4.57 Å². The molecule has 0 amide bonds. The van der Waals surface area contributed by atoms with Crippen molar-refractivity contribution in [3.63, 3.8) is 0 Å². The molecule has 1 aliphatic rings. The molecule has 0 bridgehead atoms. The number of carbonyl (C=O) groups excluding carboxylic acids is 1. The third-order valence-corrected chi connectivity index (χ3v) is 6.78. The van der Waals surface area contributed by atoms with Gasteiger partial charge >= 0.3 is 13.7 Å². The quantitative estimate of drug-likeness (QED) is 0.165. The van der Waals surface area contributed by atoms with E-state index in [2.05, 4.69) is 0 Å². The van der Waals surface area contributed by atoms with Crippen molar-refractivity contribution in [1.82, 2.24) is 4.67 Å². The summed E-state index contributed by atoms with van der Waals surface area (Å²) >= 11 is 0. The maximum Gasteiger partial charge on any atom is 0.516 e. The summed E-state index contributed by atoms with van der Waals surface area (Å²) in [7, 11) is -4.04. The van der Waals surface area contributed by atoms with E-state index in [0.29, 0.717) is 31.7 Å². The minimum absolute atomic E-state index is 0.121. The fourth-order valence-corrected chi connectivity index (χ4v) is 5.16. The number of benzene rings is 2. The zero-order valence-electron chi connectivity index (χ0n) is 17.2. The molecule has 3 rings (SSSR count). The van der Waals surface area contributed by atoms with Gasteiger partial charge in [-0.1, -0.05) is 31.5 Å². The number of para-hydroxylation sites is 1. The molecule has 1 aliphatic heterocycles. The van der Waals surface area contributed by atoms with Crippen LogP contribution in [-0.4, -0.2) is 34.8 Å². The normalized spacial score (nSPS) is 18.2. The molecule has 1 fully saturated rings. The number of non-ortho nitro benzene ring substituents is 1. The van der Waals surface area contributed by atoms with Gasteiger partial charge < -0.3 is 13.8 Å². The van der Waals surface area contributed by atoms with Crippen LogP contribution in [0.2, 0.25) is 0 Å². The first-order valence-corrected chi connectivity index (χ1v) is 11.6. The Balaban J connectivity index is 1.86. The van der Waals surface area contributed by atoms with Crippen LogP contribution < -0.4 is 9.05 Å².